The Labute approximate surface area is 120 Å². The molecular formula is C15H24N4O. The first-order valence-electron chi connectivity index (χ1n) is 7.17. The molecule has 0 radical (unpaired) electrons. The first kappa shape index (κ1) is 15.0. The summed E-state index contributed by atoms with van der Waals surface area (Å²) in [4.78, 5) is 16.7. The van der Waals surface area contributed by atoms with E-state index >= 15 is 0 Å². The Morgan fingerprint density at radius 3 is 2.75 bits per heavy atom. The van der Waals surface area contributed by atoms with Crippen molar-refractivity contribution >= 4 is 5.91 Å². The van der Waals surface area contributed by atoms with Gasteiger partial charge < -0.3 is 16.0 Å². The normalized spacial score (nSPS) is 17.1. The first-order valence-corrected chi connectivity index (χ1v) is 7.17. The van der Waals surface area contributed by atoms with Crippen molar-refractivity contribution in [1.82, 2.24) is 15.1 Å². The Morgan fingerprint density at radius 2 is 2.05 bits per heavy atom. The monoisotopic (exact) mass is 276 g/mol. The van der Waals surface area contributed by atoms with E-state index in [2.05, 4.69) is 28.2 Å². The molecule has 1 aliphatic rings. The van der Waals surface area contributed by atoms with E-state index in [1.54, 1.807) is 0 Å². The molecule has 0 aliphatic carbocycles. The van der Waals surface area contributed by atoms with Crippen molar-refractivity contribution in [2.75, 3.05) is 46.3 Å². The molecule has 3 N–H and O–H groups in total. The zero-order valence-electron chi connectivity index (χ0n) is 12.1. The molecule has 0 unspecified atom stereocenters. The molecule has 1 fully saturated rings. The summed E-state index contributed by atoms with van der Waals surface area (Å²) >= 11 is 0. The topological polar surface area (TPSA) is 61.6 Å². The summed E-state index contributed by atoms with van der Waals surface area (Å²) in [6.45, 7) is 6.27. The minimum Gasteiger partial charge on any atom is -0.351 e. The fourth-order valence-corrected chi connectivity index (χ4v) is 2.36. The molecule has 1 heterocycles. The maximum absolute atomic E-state index is 11.9. The van der Waals surface area contributed by atoms with E-state index in [0.717, 1.165) is 32.7 Å². The molecule has 1 aromatic carbocycles. The van der Waals surface area contributed by atoms with Gasteiger partial charge in [-0.15, -0.1) is 0 Å². The third-order valence-electron chi connectivity index (χ3n) is 3.62. The van der Waals surface area contributed by atoms with Gasteiger partial charge in [-0.25, -0.2) is 0 Å². The van der Waals surface area contributed by atoms with Crippen LogP contribution in [0.25, 0.3) is 0 Å². The lowest BCUT2D eigenvalue weighted by Crippen LogP contribution is -2.43. The molecule has 1 aromatic rings. The molecule has 1 saturated heterocycles. The zero-order valence-corrected chi connectivity index (χ0v) is 12.1. The average Bonchev–Trinajstić information content (AvgIpc) is 2.47. The number of hydrogen-bond donors (Lipinski definition) is 2. The maximum Gasteiger partial charge on any atom is 0.251 e. The van der Waals surface area contributed by atoms with Crippen LogP contribution in [0.1, 0.15) is 15.9 Å². The summed E-state index contributed by atoms with van der Waals surface area (Å²) in [6, 6.07) is 7.85. The molecule has 1 amide bonds. The quantitative estimate of drug-likeness (QED) is 0.802. The lowest BCUT2D eigenvalue weighted by molar-refractivity contribution is 0.0954. The second-order valence-electron chi connectivity index (χ2n) is 5.32. The van der Waals surface area contributed by atoms with Gasteiger partial charge in [0.05, 0.1) is 0 Å². The van der Waals surface area contributed by atoms with E-state index in [9.17, 15) is 4.79 Å². The smallest absolute Gasteiger partial charge is 0.251 e. The number of carbonyl (C=O) groups excluding carboxylic acids is 1. The first-order chi connectivity index (χ1) is 9.69. The summed E-state index contributed by atoms with van der Waals surface area (Å²) in [7, 11) is 2.15. The third kappa shape index (κ3) is 4.30. The van der Waals surface area contributed by atoms with Crippen LogP contribution < -0.4 is 11.1 Å². The van der Waals surface area contributed by atoms with E-state index < -0.39 is 0 Å². The van der Waals surface area contributed by atoms with Crippen molar-refractivity contribution in [1.29, 1.82) is 0 Å². The molecule has 20 heavy (non-hydrogen) atoms. The molecule has 0 atom stereocenters. The van der Waals surface area contributed by atoms with Crippen LogP contribution in [0.3, 0.4) is 0 Å². The number of likely N-dealkylation sites (N-methyl/N-ethyl adjacent to an activating group) is 1. The number of carbonyl (C=O) groups is 1. The number of amides is 1. The zero-order chi connectivity index (χ0) is 14.4. The molecule has 110 valence electrons. The van der Waals surface area contributed by atoms with E-state index in [1.807, 2.05) is 18.2 Å². The van der Waals surface area contributed by atoms with E-state index in [0.29, 0.717) is 18.7 Å². The minimum absolute atomic E-state index is 0.0457. The molecule has 5 heteroatoms. The van der Waals surface area contributed by atoms with Crippen LogP contribution in [-0.4, -0.2) is 62.0 Å². The van der Waals surface area contributed by atoms with Crippen LogP contribution >= 0.6 is 0 Å². The number of piperazine rings is 1. The van der Waals surface area contributed by atoms with Crippen molar-refractivity contribution in [3.63, 3.8) is 0 Å². The average molecular weight is 276 g/mol. The van der Waals surface area contributed by atoms with E-state index in [1.165, 1.54) is 5.56 Å². The van der Waals surface area contributed by atoms with Gasteiger partial charge in [0.2, 0.25) is 0 Å². The van der Waals surface area contributed by atoms with Crippen LogP contribution in [0.15, 0.2) is 24.3 Å². The van der Waals surface area contributed by atoms with Crippen LogP contribution in [0.5, 0.6) is 0 Å². The summed E-state index contributed by atoms with van der Waals surface area (Å²) in [5.41, 5.74) is 7.30. The van der Waals surface area contributed by atoms with E-state index in [4.69, 9.17) is 5.73 Å². The molecule has 0 aromatic heterocycles. The van der Waals surface area contributed by atoms with Gasteiger partial charge in [0.15, 0.2) is 0 Å². The molecule has 2 rings (SSSR count). The maximum atomic E-state index is 11.9. The van der Waals surface area contributed by atoms with Gasteiger partial charge in [0.25, 0.3) is 5.91 Å². The lowest BCUT2D eigenvalue weighted by atomic mass is 10.1. The highest BCUT2D eigenvalue weighted by Gasteiger charge is 2.14. The van der Waals surface area contributed by atoms with Crippen LogP contribution in [0.2, 0.25) is 0 Å². The largest absolute Gasteiger partial charge is 0.351 e. The van der Waals surface area contributed by atoms with Crippen molar-refractivity contribution in [3.8, 4) is 0 Å². The highest BCUT2D eigenvalue weighted by atomic mass is 16.1. The van der Waals surface area contributed by atoms with Crippen molar-refractivity contribution < 1.29 is 4.79 Å². The van der Waals surface area contributed by atoms with Crippen LogP contribution in [-0.2, 0) is 6.54 Å². The van der Waals surface area contributed by atoms with Crippen molar-refractivity contribution in [2.45, 2.75) is 6.54 Å². The minimum atomic E-state index is -0.0457. The fourth-order valence-electron chi connectivity index (χ4n) is 2.36. The standard InChI is InChI=1S/C15H24N4O/c1-18-7-9-19(10-8-18)12-13-3-2-4-14(11-13)15(20)17-6-5-16/h2-4,11H,5-10,12,16H2,1H3,(H,17,20). The van der Waals surface area contributed by atoms with Crippen LogP contribution in [0.4, 0.5) is 0 Å². The lowest BCUT2D eigenvalue weighted by Gasteiger charge is -2.32. The summed E-state index contributed by atoms with van der Waals surface area (Å²) in [5.74, 6) is -0.0457. The molecule has 0 saturated carbocycles. The molecule has 1 aliphatic heterocycles. The Hall–Kier alpha value is -1.43. The Morgan fingerprint density at radius 1 is 1.30 bits per heavy atom. The predicted molar refractivity (Wildman–Crippen MR) is 80.6 cm³/mol. The number of hydrogen-bond acceptors (Lipinski definition) is 4. The number of nitrogens with zero attached hydrogens (tertiary/aromatic N) is 2. The van der Waals surface area contributed by atoms with Gasteiger partial charge in [-0.3, -0.25) is 9.69 Å². The van der Waals surface area contributed by atoms with Gasteiger partial charge in [-0.1, -0.05) is 12.1 Å². The summed E-state index contributed by atoms with van der Waals surface area (Å²) in [5, 5.41) is 2.80. The van der Waals surface area contributed by atoms with E-state index in [-0.39, 0.29) is 5.91 Å². The number of nitrogens with one attached hydrogen (secondary N) is 1. The highest BCUT2D eigenvalue weighted by Crippen LogP contribution is 2.10. The Kier molecular flexibility index (Phi) is 5.52. The van der Waals surface area contributed by atoms with Gasteiger partial charge in [0, 0.05) is 51.4 Å². The van der Waals surface area contributed by atoms with Crippen molar-refractivity contribution in [3.05, 3.63) is 35.4 Å². The predicted octanol–water partition coefficient (Wildman–Crippen LogP) is 0.123. The number of nitrogens with two attached hydrogens (primary N) is 1. The van der Waals surface area contributed by atoms with Crippen LogP contribution in [0, 0.1) is 0 Å². The third-order valence-corrected chi connectivity index (χ3v) is 3.62. The number of benzene rings is 1. The van der Waals surface area contributed by atoms with Gasteiger partial charge in [-0.05, 0) is 24.7 Å². The molecule has 0 spiro atoms. The summed E-state index contributed by atoms with van der Waals surface area (Å²) < 4.78 is 0. The summed E-state index contributed by atoms with van der Waals surface area (Å²) in [6.07, 6.45) is 0. The Bertz CT molecular complexity index is 441. The molecular weight excluding hydrogens is 252 g/mol. The Balaban J connectivity index is 1.93. The second kappa shape index (κ2) is 7.38. The second-order valence-corrected chi connectivity index (χ2v) is 5.32. The SMILES string of the molecule is CN1CCN(Cc2cccc(C(=O)NCCN)c2)CC1. The van der Waals surface area contributed by atoms with Gasteiger partial charge in [-0.2, -0.15) is 0 Å². The number of rotatable bonds is 5. The van der Waals surface area contributed by atoms with Gasteiger partial charge >= 0.3 is 0 Å². The van der Waals surface area contributed by atoms with Gasteiger partial charge in [0.1, 0.15) is 0 Å². The highest BCUT2D eigenvalue weighted by molar-refractivity contribution is 5.94. The van der Waals surface area contributed by atoms with Crippen molar-refractivity contribution in [2.24, 2.45) is 5.73 Å². The molecule has 5 nitrogen and oxygen atoms in total. The fraction of sp³-hybridized carbons (Fsp3) is 0.533. The molecule has 0 bridgehead atoms.